The van der Waals surface area contributed by atoms with Crippen LogP contribution in [0.1, 0.15) is 6.42 Å². The first-order chi connectivity index (χ1) is 9.36. The first-order valence-corrected chi connectivity index (χ1v) is 9.12. The molecule has 0 rings (SSSR count). The highest BCUT2D eigenvalue weighted by Crippen LogP contribution is 2.02. The number of rotatable bonds is 10. The Bertz CT molecular complexity index is 534. The van der Waals surface area contributed by atoms with Gasteiger partial charge in [-0.3, -0.25) is 0 Å². The van der Waals surface area contributed by atoms with Crippen LogP contribution < -0.4 is 0 Å². The minimum absolute atomic E-state index is 0.290. The normalized spacial score (nSPS) is 11.9. The maximum Gasteiger partial charge on any atom is 0.179 e. The van der Waals surface area contributed by atoms with Crippen LogP contribution in [0.15, 0.2) is 0 Å². The SMILES string of the molecule is CN(CS(=O)(=O)CCCS(=O)(=O)CN(C)[N+](=O)[O-])[N+](=O)[O-]. The predicted octanol–water partition coefficient (Wildman–Crippen LogP) is -1.63. The van der Waals surface area contributed by atoms with Crippen molar-refractivity contribution < 1.29 is 26.9 Å². The van der Waals surface area contributed by atoms with E-state index in [1.54, 1.807) is 0 Å². The fourth-order valence-electron chi connectivity index (χ4n) is 1.29. The van der Waals surface area contributed by atoms with Crippen molar-refractivity contribution in [2.24, 2.45) is 0 Å². The summed E-state index contributed by atoms with van der Waals surface area (Å²) in [6.07, 6.45) is -0.290. The summed E-state index contributed by atoms with van der Waals surface area (Å²) in [5.41, 5.74) is 0. The molecule has 124 valence electrons. The van der Waals surface area contributed by atoms with Crippen molar-refractivity contribution in [2.45, 2.75) is 6.42 Å². The molecule has 14 heteroatoms. The second-order valence-corrected chi connectivity index (χ2v) is 8.61. The number of nitrogens with zero attached hydrogens (tertiary/aromatic N) is 4. The molecule has 0 aliphatic heterocycles. The first-order valence-electron chi connectivity index (χ1n) is 5.48. The Labute approximate surface area is 121 Å². The topological polar surface area (TPSA) is 161 Å². The average Bonchev–Trinajstić information content (AvgIpc) is 2.26. The fourth-order valence-corrected chi connectivity index (χ4v) is 4.23. The molecule has 0 spiro atoms. The van der Waals surface area contributed by atoms with Crippen molar-refractivity contribution in [3.05, 3.63) is 20.2 Å². The van der Waals surface area contributed by atoms with E-state index in [0.717, 1.165) is 14.1 Å². The van der Waals surface area contributed by atoms with Crippen molar-refractivity contribution in [1.82, 2.24) is 10.0 Å². The third-order valence-electron chi connectivity index (χ3n) is 2.24. The molecule has 0 heterocycles. The molecule has 0 radical (unpaired) electrons. The number of nitro groups is 2. The summed E-state index contributed by atoms with van der Waals surface area (Å²) >= 11 is 0. The molecule has 0 saturated carbocycles. The van der Waals surface area contributed by atoms with Crippen LogP contribution in [0.2, 0.25) is 0 Å². The Morgan fingerprint density at radius 1 is 0.810 bits per heavy atom. The van der Waals surface area contributed by atoms with E-state index in [1.807, 2.05) is 0 Å². The first kappa shape index (κ1) is 19.3. The van der Waals surface area contributed by atoms with Crippen LogP contribution in [-0.4, -0.2) is 74.3 Å². The van der Waals surface area contributed by atoms with E-state index < -0.39 is 53.0 Å². The van der Waals surface area contributed by atoms with Gasteiger partial charge in [-0.05, 0) is 6.42 Å². The van der Waals surface area contributed by atoms with Gasteiger partial charge in [0.2, 0.25) is 0 Å². The standard InChI is InChI=1S/C7H16N4O8S2/c1-8(10(12)13)6-20(16,17)4-3-5-21(18,19)7-9(2)11(14)15/h3-7H2,1-2H3. The van der Waals surface area contributed by atoms with Crippen molar-refractivity contribution in [2.75, 3.05) is 37.4 Å². The van der Waals surface area contributed by atoms with Crippen molar-refractivity contribution in [1.29, 1.82) is 0 Å². The molecule has 0 amide bonds. The summed E-state index contributed by atoms with van der Waals surface area (Å²) in [5, 5.41) is 19.5. The van der Waals surface area contributed by atoms with E-state index in [9.17, 15) is 37.1 Å². The Morgan fingerprint density at radius 3 is 1.33 bits per heavy atom. The smallest absolute Gasteiger partial charge is 0.179 e. The zero-order valence-electron chi connectivity index (χ0n) is 11.4. The molecule has 0 atom stereocenters. The minimum Gasteiger partial charge on any atom is -0.235 e. The number of sulfone groups is 2. The van der Waals surface area contributed by atoms with E-state index in [2.05, 4.69) is 0 Å². The summed E-state index contributed by atoms with van der Waals surface area (Å²) in [6, 6.07) is 0. The molecule has 0 saturated heterocycles. The number of hydrazine groups is 2. The summed E-state index contributed by atoms with van der Waals surface area (Å²) in [5.74, 6) is -2.80. The molecule has 0 fully saturated rings. The Balaban J connectivity index is 4.42. The van der Waals surface area contributed by atoms with Crippen molar-refractivity contribution in [3.8, 4) is 0 Å². The molecule has 0 N–H and O–H groups in total. The van der Waals surface area contributed by atoms with Crippen LogP contribution in [0.3, 0.4) is 0 Å². The van der Waals surface area contributed by atoms with E-state index in [1.165, 1.54) is 0 Å². The molecule has 0 aliphatic rings. The highest BCUT2D eigenvalue weighted by atomic mass is 32.2. The monoisotopic (exact) mass is 348 g/mol. The molecule has 0 aromatic heterocycles. The second-order valence-electron chi connectivity index (χ2n) is 4.30. The van der Waals surface area contributed by atoms with Gasteiger partial charge in [-0.1, -0.05) is 0 Å². The van der Waals surface area contributed by atoms with Crippen molar-refractivity contribution in [3.63, 3.8) is 0 Å². The third-order valence-corrected chi connectivity index (χ3v) is 5.59. The summed E-state index contributed by atoms with van der Waals surface area (Å²) in [4.78, 5) is 20.6. The minimum atomic E-state index is -3.82. The van der Waals surface area contributed by atoms with Gasteiger partial charge in [-0.15, -0.1) is 10.0 Å². The van der Waals surface area contributed by atoms with E-state index in [0.29, 0.717) is 10.0 Å². The van der Waals surface area contributed by atoms with Crippen LogP contribution >= 0.6 is 0 Å². The fraction of sp³-hybridized carbons (Fsp3) is 1.00. The van der Waals surface area contributed by atoms with Gasteiger partial charge < -0.3 is 0 Å². The quantitative estimate of drug-likeness (QED) is 0.331. The van der Waals surface area contributed by atoms with Crippen LogP contribution in [-0.2, 0) is 19.7 Å². The van der Waals surface area contributed by atoms with Gasteiger partial charge in [0.05, 0.1) is 25.6 Å². The molecule has 0 bridgehead atoms. The Morgan fingerprint density at radius 2 is 1.10 bits per heavy atom. The van der Waals surface area contributed by atoms with Gasteiger partial charge in [0.1, 0.15) is 0 Å². The summed E-state index contributed by atoms with van der Waals surface area (Å²) in [6.45, 7) is 0. The van der Waals surface area contributed by atoms with Crippen LogP contribution in [0.4, 0.5) is 0 Å². The van der Waals surface area contributed by atoms with Gasteiger partial charge >= 0.3 is 0 Å². The summed E-state index contributed by atoms with van der Waals surface area (Å²) in [7, 11) is -5.70. The van der Waals surface area contributed by atoms with E-state index >= 15 is 0 Å². The lowest BCUT2D eigenvalue weighted by Crippen LogP contribution is -2.34. The summed E-state index contributed by atoms with van der Waals surface area (Å²) < 4.78 is 46.0. The molecule has 0 unspecified atom stereocenters. The molecular weight excluding hydrogens is 332 g/mol. The lowest BCUT2D eigenvalue weighted by atomic mass is 10.6. The van der Waals surface area contributed by atoms with Gasteiger partial charge in [0.25, 0.3) is 0 Å². The van der Waals surface area contributed by atoms with Crippen LogP contribution in [0.25, 0.3) is 0 Å². The predicted molar refractivity (Wildman–Crippen MR) is 71.4 cm³/mol. The molecule has 0 aromatic rings. The largest absolute Gasteiger partial charge is 0.235 e. The van der Waals surface area contributed by atoms with E-state index in [-0.39, 0.29) is 6.42 Å². The maximum absolute atomic E-state index is 11.5. The van der Waals surface area contributed by atoms with Crippen LogP contribution in [0.5, 0.6) is 0 Å². The number of hydrogen-bond donors (Lipinski definition) is 0. The highest BCUT2D eigenvalue weighted by molar-refractivity contribution is 7.92. The average molecular weight is 348 g/mol. The zero-order chi connectivity index (χ0) is 16.8. The van der Waals surface area contributed by atoms with Gasteiger partial charge in [0, 0.05) is 0 Å². The number of hydrogen-bond acceptors (Lipinski definition) is 8. The molecule has 21 heavy (non-hydrogen) atoms. The Kier molecular flexibility index (Phi) is 6.75. The lowest BCUT2D eigenvalue weighted by molar-refractivity contribution is -0.644. The third kappa shape index (κ3) is 8.23. The van der Waals surface area contributed by atoms with Gasteiger partial charge in [0.15, 0.2) is 41.5 Å². The van der Waals surface area contributed by atoms with Gasteiger partial charge in [-0.2, -0.15) is 0 Å². The van der Waals surface area contributed by atoms with Gasteiger partial charge in [-0.25, -0.2) is 37.1 Å². The second kappa shape index (κ2) is 7.35. The molecule has 0 aliphatic carbocycles. The lowest BCUT2D eigenvalue weighted by Gasteiger charge is -2.10. The van der Waals surface area contributed by atoms with E-state index in [4.69, 9.17) is 0 Å². The van der Waals surface area contributed by atoms with Crippen LogP contribution in [0, 0.1) is 20.2 Å². The zero-order valence-corrected chi connectivity index (χ0v) is 13.0. The highest BCUT2D eigenvalue weighted by Gasteiger charge is 2.23. The maximum atomic E-state index is 11.5. The molecule has 0 aromatic carbocycles. The molecular formula is C7H16N4O8S2. The Hall–Kier alpha value is -1.70. The van der Waals surface area contributed by atoms with Crippen molar-refractivity contribution >= 4 is 19.7 Å². The molecule has 12 nitrogen and oxygen atoms in total.